The molecule has 7 nitrogen and oxygen atoms in total. The van der Waals surface area contributed by atoms with Crippen molar-refractivity contribution in [3.05, 3.63) is 29.5 Å². The molecule has 23 heavy (non-hydrogen) atoms. The maximum absolute atomic E-state index is 11.5. The Balaban J connectivity index is 2.09. The number of aromatic nitrogens is 3. The second-order valence-electron chi connectivity index (χ2n) is 5.27. The maximum Gasteiger partial charge on any atom is 0.240 e. The molecular formula is C16H18N4O3. The van der Waals surface area contributed by atoms with E-state index in [0.717, 1.165) is 24.8 Å². The number of aldehydes is 1. The number of ether oxygens (including phenoxy) is 2. The monoisotopic (exact) mass is 314 g/mol. The van der Waals surface area contributed by atoms with E-state index in [0.29, 0.717) is 35.1 Å². The summed E-state index contributed by atoms with van der Waals surface area (Å²) >= 11 is 0. The van der Waals surface area contributed by atoms with E-state index in [1.807, 2.05) is 6.92 Å². The van der Waals surface area contributed by atoms with E-state index in [9.17, 15) is 4.79 Å². The van der Waals surface area contributed by atoms with Gasteiger partial charge >= 0.3 is 0 Å². The lowest BCUT2D eigenvalue weighted by Crippen LogP contribution is -2.08. The topological polar surface area (TPSA) is 100 Å². The first kappa shape index (κ1) is 15.4. The Morgan fingerprint density at radius 1 is 1.35 bits per heavy atom. The molecule has 1 aliphatic carbocycles. The van der Waals surface area contributed by atoms with Gasteiger partial charge in [-0.25, -0.2) is 4.98 Å². The van der Waals surface area contributed by atoms with Crippen LogP contribution in [0.15, 0.2) is 18.2 Å². The van der Waals surface area contributed by atoms with Gasteiger partial charge < -0.3 is 15.2 Å². The Bertz CT molecular complexity index is 716. The summed E-state index contributed by atoms with van der Waals surface area (Å²) in [4.78, 5) is 15.8. The van der Waals surface area contributed by atoms with Gasteiger partial charge in [0, 0.05) is 18.1 Å². The molecule has 0 atom stereocenters. The van der Waals surface area contributed by atoms with Crippen molar-refractivity contribution in [2.75, 3.05) is 19.1 Å². The van der Waals surface area contributed by atoms with E-state index in [4.69, 9.17) is 15.2 Å². The van der Waals surface area contributed by atoms with Crippen molar-refractivity contribution in [1.82, 2.24) is 15.2 Å². The fraction of sp³-hybridized carbons (Fsp3) is 0.375. The number of hydrogen-bond donors (Lipinski definition) is 1. The molecule has 1 fully saturated rings. The summed E-state index contributed by atoms with van der Waals surface area (Å²) < 4.78 is 10.9. The van der Waals surface area contributed by atoms with Gasteiger partial charge in [0.2, 0.25) is 5.95 Å². The van der Waals surface area contributed by atoms with Crippen LogP contribution in [0.5, 0.6) is 5.75 Å². The number of benzene rings is 1. The fourth-order valence-electron chi connectivity index (χ4n) is 2.38. The number of carbonyl (C=O) groups is 1. The molecule has 1 aliphatic rings. The van der Waals surface area contributed by atoms with Crippen molar-refractivity contribution in [1.29, 1.82) is 0 Å². The molecule has 0 spiro atoms. The summed E-state index contributed by atoms with van der Waals surface area (Å²) in [7, 11) is 0. The molecule has 3 rings (SSSR count). The van der Waals surface area contributed by atoms with Crippen molar-refractivity contribution in [3.8, 4) is 17.0 Å². The van der Waals surface area contributed by atoms with Crippen LogP contribution >= 0.6 is 0 Å². The number of nitrogens with two attached hydrogens (primary N) is 1. The minimum atomic E-state index is 0.0976. The van der Waals surface area contributed by atoms with Gasteiger partial charge in [-0.05, 0) is 25.8 Å². The Labute approximate surface area is 133 Å². The highest BCUT2D eigenvalue weighted by atomic mass is 16.7. The van der Waals surface area contributed by atoms with Crippen molar-refractivity contribution < 1.29 is 14.3 Å². The molecule has 1 aromatic carbocycles. The summed E-state index contributed by atoms with van der Waals surface area (Å²) in [6.45, 7) is 2.52. The zero-order valence-electron chi connectivity index (χ0n) is 12.9. The lowest BCUT2D eigenvalue weighted by molar-refractivity contribution is 0.0227. The summed E-state index contributed by atoms with van der Waals surface area (Å²) in [6, 6.07) is 5.24. The van der Waals surface area contributed by atoms with Crippen molar-refractivity contribution in [2.24, 2.45) is 0 Å². The van der Waals surface area contributed by atoms with Crippen LogP contribution in [0.2, 0.25) is 0 Å². The molecule has 0 bridgehead atoms. The molecule has 1 saturated carbocycles. The number of nitrogens with zero attached hydrogens (tertiary/aromatic N) is 3. The average molecular weight is 314 g/mol. The van der Waals surface area contributed by atoms with Gasteiger partial charge in [0.25, 0.3) is 0 Å². The van der Waals surface area contributed by atoms with Crippen LogP contribution in [0.3, 0.4) is 0 Å². The van der Waals surface area contributed by atoms with Crippen LogP contribution < -0.4 is 10.5 Å². The number of rotatable bonds is 7. The minimum Gasteiger partial charge on any atom is -0.467 e. The second-order valence-corrected chi connectivity index (χ2v) is 5.27. The van der Waals surface area contributed by atoms with Crippen molar-refractivity contribution in [2.45, 2.75) is 25.7 Å². The number of anilines is 1. The lowest BCUT2D eigenvalue weighted by atomic mass is 10.0. The highest BCUT2D eigenvalue weighted by Gasteiger charge is 2.31. The summed E-state index contributed by atoms with van der Waals surface area (Å²) in [5, 5.41) is 8.04. The number of carbonyl (C=O) groups excluding carboxylic acids is 1. The highest BCUT2D eigenvalue weighted by molar-refractivity contribution is 5.90. The third-order valence-electron chi connectivity index (χ3n) is 3.62. The third-order valence-corrected chi connectivity index (χ3v) is 3.62. The molecule has 0 aliphatic heterocycles. The molecule has 0 radical (unpaired) electrons. The zero-order chi connectivity index (χ0) is 16.2. The average Bonchev–Trinajstić information content (AvgIpc) is 3.40. The van der Waals surface area contributed by atoms with Crippen LogP contribution in [-0.2, 0) is 4.74 Å². The Hall–Kier alpha value is -2.54. The van der Waals surface area contributed by atoms with Crippen LogP contribution in [-0.4, -0.2) is 34.9 Å². The Morgan fingerprint density at radius 3 is 2.87 bits per heavy atom. The van der Waals surface area contributed by atoms with E-state index in [2.05, 4.69) is 15.2 Å². The van der Waals surface area contributed by atoms with Gasteiger partial charge in [0.15, 0.2) is 13.1 Å². The van der Waals surface area contributed by atoms with Crippen LogP contribution in [0.25, 0.3) is 11.3 Å². The van der Waals surface area contributed by atoms with Gasteiger partial charge in [-0.2, -0.15) is 0 Å². The van der Waals surface area contributed by atoms with Gasteiger partial charge in [-0.1, -0.05) is 12.1 Å². The minimum absolute atomic E-state index is 0.0976. The predicted molar refractivity (Wildman–Crippen MR) is 84.2 cm³/mol. The fourth-order valence-corrected chi connectivity index (χ4v) is 2.38. The molecule has 7 heteroatoms. The number of nitrogen functional groups attached to an aromatic ring is 1. The predicted octanol–water partition coefficient (Wildman–Crippen LogP) is 2.18. The van der Waals surface area contributed by atoms with Gasteiger partial charge in [-0.3, -0.25) is 4.79 Å². The van der Waals surface area contributed by atoms with Crippen LogP contribution in [0.1, 0.15) is 41.7 Å². The van der Waals surface area contributed by atoms with Gasteiger partial charge in [-0.15, -0.1) is 10.2 Å². The van der Waals surface area contributed by atoms with Crippen molar-refractivity contribution >= 4 is 12.2 Å². The molecule has 1 heterocycles. The smallest absolute Gasteiger partial charge is 0.240 e. The van der Waals surface area contributed by atoms with Crippen LogP contribution in [0.4, 0.5) is 5.95 Å². The van der Waals surface area contributed by atoms with Crippen LogP contribution in [0, 0.1) is 0 Å². The zero-order valence-corrected chi connectivity index (χ0v) is 12.9. The maximum atomic E-state index is 11.5. The van der Waals surface area contributed by atoms with E-state index < -0.39 is 0 Å². The Morgan fingerprint density at radius 2 is 2.17 bits per heavy atom. The first-order valence-electron chi connectivity index (χ1n) is 7.53. The lowest BCUT2D eigenvalue weighted by Gasteiger charge is -2.14. The second kappa shape index (κ2) is 6.70. The van der Waals surface area contributed by atoms with Gasteiger partial charge in [0.05, 0.1) is 11.3 Å². The number of hydrogen-bond acceptors (Lipinski definition) is 7. The van der Waals surface area contributed by atoms with Gasteiger partial charge in [0.1, 0.15) is 11.4 Å². The van der Waals surface area contributed by atoms with Crippen molar-refractivity contribution in [3.63, 3.8) is 0 Å². The summed E-state index contributed by atoms with van der Waals surface area (Å²) in [5.41, 5.74) is 8.06. The van der Waals surface area contributed by atoms with E-state index in [-0.39, 0.29) is 12.7 Å². The molecule has 120 valence electrons. The largest absolute Gasteiger partial charge is 0.467 e. The molecule has 1 aromatic heterocycles. The summed E-state index contributed by atoms with van der Waals surface area (Å²) in [5.74, 6) is 0.962. The molecular weight excluding hydrogens is 296 g/mol. The molecule has 0 saturated heterocycles. The normalized spacial score (nSPS) is 13.8. The highest BCUT2D eigenvalue weighted by Crippen LogP contribution is 2.44. The first-order valence-corrected chi connectivity index (χ1v) is 7.53. The molecule has 0 unspecified atom stereocenters. The Kier molecular flexibility index (Phi) is 4.47. The van der Waals surface area contributed by atoms with E-state index in [1.165, 1.54) is 0 Å². The summed E-state index contributed by atoms with van der Waals surface area (Å²) in [6.07, 6.45) is 2.84. The first-order chi connectivity index (χ1) is 11.2. The molecule has 2 aromatic rings. The quantitative estimate of drug-likeness (QED) is 0.475. The van der Waals surface area contributed by atoms with E-state index >= 15 is 0 Å². The molecule has 0 amide bonds. The standard InChI is InChI=1S/C16H18N4O3/c1-2-22-9-23-12-5-3-4-11(8-21)13(12)15-14(10-6-7-10)18-16(17)20-19-15/h3-5,8,10H,2,6-7,9H2,1H3,(H2,17,18,20). The SMILES string of the molecule is CCOCOc1cccc(C=O)c1-c1nnc(N)nc1C1CC1. The third kappa shape index (κ3) is 3.29. The van der Waals surface area contributed by atoms with E-state index in [1.54, 1.807) is 18.2 Å². The molecule has 2 N–H and O–H groups in total.